The number of benzene rings is 1. The van der Waals surface area contributed by atoms with Crippen LogP contribution in [0.3, 0.4) is 0 Å². The Morgan fingerprint density at radius 1 is 1.39 bits per heavy atom. The van der Waals surface area contributed by atoms with Gasteiger partial charge in [0, 0.05) is 12.6 Å². The maximum Gasteiger partial charge on any atom is 0.326 e. The lowest BCUT2D eigenvalue weighted by Crippen LogP contribution is -2.39. The largest absolute Gasteiger partial charge is 0.497 e. The van der Waals surface area contributed by atoms with Crippen molar-refractivity contribution in [2.45, 2.75) is 19.9 Å². The number of ether oxygens (including phenoxy) is 2. The predicted octanol–water partition coefficient (Wildman–Crippen LogP) is 2.00. The number of carbonyl (C=O) groups is 1. The van der Waals surface area contributed by atoms with E-state index < -0.39 is 12.0 Å². The molecule has 18 heavy (non-hydrogen) atoms. The van der Waals surface area contributed by atoms with E-state index in [0.717, 1.165) is 5.69 Å². The molecule has 0 fully saturated rings. The Morgan fingerprint density at radius 2 is 2.06 bits per heavy atom. The fourth-order valence-corrected chi connectivity index (χ4v) is 1.81. The van der Waals surface area contributed by atoms with Crippen molar-refractivity contribution >= 4 is 11.7 Å². The predicted molar refractivity (Wildman–Crippen MR) is 69.7 cm³/mol. The van der Waals surface area contributed by atoms with E-state index in [-0.39, 0.29) is 0 Å². The average Bonchev–Trinajstić information content (AvgIpc) is 2.39. The maximum absolute atomic E-state index is 11.1. The van der Waals surface area contributed by atoms with Crippen LogP contribution in [-0.2, 0) is 4.79 Å². The number of anilines is 1. The zero-order chi connectivity index (χ0) is 13.7. The molecule has 5 nitrogen and oxygen atoms in total. The molecule has 1 rings (SSSR count). The summed E-state index contributed by atoms with van der Waals surface area (Å²) in [7, 11) is 3.13. The molecule has 1 unspecified atom stereocenters. The smallest absolute Gasteiger partial charge is 0.326 e. The van der Waals surface area contributed by atoms with Gasteiger partial charge in [-0.3, -0.25) is 0 Å². The highest BCUT2D eigenvalue weighted by Gasteiger charge is 2.22. The lowest BCUT2D eigenvalue weighted by molar-refractivity contribution is -0.138. The number of carboxylic acids is 1. The summed E-state index contributed by atoms with van der Waals surface area (Å²) in [4.78, 5) is 12.9. The van der Waals surface area contributed by atoms with Gasteiger partial charge in [0.2, 0.25) is 0 Å². The molecule has 0 saturated heterocycles. The molecule has 1 N–H and O–H groups in total. The Hall–Kier alpha value is -1.91. The summed E-state index contributed by atoms with van der Waals surface area (Å²) in [5.74, 6) is 0.411. The third kappa shape index (κ3) is 2.85. The average molecular weight is 253 g/mol. The Morgan fingerprint density at radius 3 is 2.50 bits per heavy atom. The van der Waals surface area contributed by atoms with Crippen LogP contribution in [0.2, 0.25) is 0 Å². The minimum atomic E-state index is -0.866. The molecule has 1 atom stereocenters. The first kappa shape index (κ1) is 14.2. The van der Waals surface area contributed by atoms with Crippen LogP contribution in [0.5, 0.6) is 11.5 Å². The maximum atomic E-state index is 11.1. The molecule has 5 heteroatoms. The van der Waals surface area contributed by atoms with Crippen molar-refractivity contribution in [3.8, 4) is 11.5 Å². The van der Waals surface area contributed by atoms with Gasteiger partial charge in [-0.2, -0.15) is 0 Å². The van der Waals surface area contributed by atoms with E-state index in [1.54, 1.807) is 44.2 Å². The van der Waals surface area contributed by atoms with Gasteiger partial charge in [0.25, 0.3) is 0 Å². The van der Waals surface area contributed by atoms with Gasteiger partial charge in [0.05, 0.1) is 19.9 Å². The van der Waals surface area contributed by atoms with Gasteiger partial charge in [-0.15, -0.1) is 0 Å². The fraction of sp³-hybridized carbons (Fsp3) is 0.462. The third-order valence-corrected chi connectivity index (χ3v) is 2.86. The lowest BCUT2D eigenvalue weighted by atomic mass is 10.2. The van der Waals surface area contributed by atoms with E-state index in [1.807, 2.05) is 6.92 Å². The summed E-state index contributed by atoms with van der Waals surface area (Å²) in [5.41, 5.74) is 0.746. The van der Waals surface area contributed by atoms with Gasteiger partial charge < -0.3 is 19.5 Å². The van der Waals surface area contributed by atoms with Crippen LogP contribution >= 0.6 is 0 Å². The van der Waals surface area contributed by atoms with Crippen molar-refractivity contribution in [2.75, 3.05) is 25.7 Å². The zero-order valence-corrected chi connectivity index (χ0v) is 11.1. The minimum absolute atomic E-state index is 0.580. The summed E-state index contributed by atoms with van der Waals surface area (Å²) in [6, 6.07) is 4.72. The standard InChI is InChI=1S/C13H19NO4/c1-5-14(9(2)13(15)16)11-7-6-10(17-3)8-12(11)18-4/h6-9H,5H2,1-4H3,(H,15,16). The van der Waals surface area contributed by atoms with E-state index in [4.69, 9.17) is 14.6 Å². The summed E-state index contributed by atoms with van der Waals surface area (Å²) < 4.78 is 10.4. The highest BCUT2D eigenvalue weighted by molar-refractivity contribution is 5.79. The number of hydrogen-bond donors (Lipinski definition) is 1. The van der Waals surface area contributed by atoms with Crippen LogP contribution in [0.15, 0.2) is 18.2 Å². The first-order valence-electron chi connectivity index (χ1n) is 5.76. The number of carboxylic acid groups (broad SMARTS) is 1. The first-order chi connectivity index (χ1) is 8.54. The molecule has 0 aliphatic heterocycles. The fourth-order valence-electron chi connectivity index (χ4n) is 1.81. The summed E-state index contributed by atoms with van der Waals surface area (Å²) in [6.45, 7) is 4.13. The van der Waals surface area contributed by atoms with Crippen molar-refractivity contribution in [1.29, 1.82) is 0 Å². The molecule has 0 spiro atoms. The van der Waals surface area contributed by atoms with Gasteiger partial charge in [-0.1, -0.05) is 0 Å². The van der Waals surface area contributed by atoms with Gasteiger partial charge in [-0.25, -0.2) is 4.79 Å². The van der Waals surface area contributed by atoms with Crippen molar-refractivity contribution in [3.05, 3.63) is 18.2 Å². The molecule has 0 heterocycles. The van der Waals surface area contributed by atoms with Gasteiger partial charge in [0.1, 0.15) is 17.5 Å². The zero-order valence-electron chi connectivity index (χ0n) is 11.1. The Kier molecular flexibility index (Phi) is 4.83. The molecule has 0 aliphatic carbocycles. The van der Waals surface area contributed by atoms with E-state index in [9.17, 15) is 4.79 Å². The monoisotopic (exact) mass is 253 g/mol. The van der Waals surface area contributed by atoms with Crippen molar-refractivity contribution < 1.29 is 19.4 Å². The second-order valence-corrected chi connectivity index (χ2v) is 3.84. The highest BCUT2D eigenvalue weighted by Crippen LogP contribution is 2.33. The molecule has 0 aliphatic rings. The number of likely N-dealkylation sites (N-methyl/N-ethyl adjacent to an activating group) is 1. The quantitative estimate of drug-likeness (QED) is 0.840. The second-order valence-electron chi connectivity index (χ2n) is 3.84. The normalized spacial score (nSPS) is 11.8. The SMILES string of the molecule is CCN(c1ccc(OC)cc1OC)C(C)C(=O)O. The first-order valence-corrected chi connectivity index (χ1v) is 5.76. The molecular formula is C13H19NO4. The van der Waals surface area contributed by atoms with Crippen molar-refractivity contribution in [1.82, 2.24) is 0 Å². The van der Waals surface area contributed by atoms with Crippen molar-refractivity contribution in [3.63, 3.8) is 0 Å². The van der Waals surface area contributed by atoms with E-state index in [1.165, 1.54) is 0 Å². The van der Waals surface area contributed by atoms with E-state index in [2.05, 4.69) is 0 Å². The number of methoxy groups -OCH3 is 2. The Labute approximate surface area is 107 Å². The minimum Gasteiger partial charge on any atom is -0.497 e. The summed E-state index contributed by atoms with van der Waals surface area (Å²) in [6.07, 6.45) is 0. The Balaban J connectivity index is 3.16. The molecule has 0 saturated carbocycles. The van der Waals surface area contributed by atoms with E-state index in [0.29, 0.717) is 18.0 Å². The van der Waals surface area contributed by atoms with Crippen LogP contribution in [0.25, 0.3) is 0 Å². The Bertz CT molecular complexity index is 419. The van der Waals surface area contributed by atoms with Crippen LogP contribution in [0.1, 0.15) is 13.8 Å². The molecular weight excluding hydrogens is 234 g/mol. The second kappa shape index (κ2) is 6.14. The molecule has 0 radical (unpaired) electrons. The number of nitrogens with zero attached hydrogens (tertiary/aromatic N) is 1. The number of aliphatic carboxylic acids is 1. The van der Waals surface area contributed by atoms with Crippen molar-refractivity contribution in [2.24, 2.45) is 0 Å². The van der Waals surface area contributed by atoms with Gasteiger partial charge >= 0.3 is 5.97 Å². The van der Waals surface area contributed by atoms with Crippen LogP contribution in [0, 0.1) is 0 Å². The lowest BCUT2D eigenvalue weighted by Gasteiger charge is -2.28. The topological polar surface area (TPSA) is 59.0 Å². The number of hydrogen-bond acceptors (Lipinski definition) is 4. The van der Waals surface area contributed by atoms with Gasteiger partial charge in [-0.05, 0) is 26.0 Å². The van der Waals surface area contributed by atoms with Gasteiger partial charge in [0.15, 0.2) is 0 Å². The molecule has 1 aromatic carbocycles. The van der Waals surface area contributed by atoms with Crippen LogP contribution in [-0.4, -0.2) is 37.9 Å². The molecule has 0 amide bonds. The van der Waals surface area contributed by atoms with E-state index >= 15 is 0 Å². The molecule has 100 valence electrons. The van der Waals surface area contributed by atoms with Crippen LogP contribution < -0.4 is 14.4 Å². The molecule has 0 aromatic heterocycles. The molecule has 0 bridgehead atoms. The number of rotatable bonds is 6. The van der Waals surface area contributed by atoms with Crippen LogP contribution in [0.4, 0.5) is 5.69 Å². The third-order valence-electron chi connectivity index (χ3n) is 2.86. The molecule has 1 aromatic rings. The summed E-state index contributed by atoms with van der Waals surface area (Å²) >= 11 is 0. The summed E-state index contributed by atoms with van der Waals surface area (Å²) in [5, 5.41) is 9.10. The highest BCUT2D eigenvalue weighted by atomic mass is 16.5.